The van der Waals surface area contributed by atoms with E-state index in [2.05, 4.69) is 18.7 Å². The van der Waals surface area contributed by atoms with Crippen molar-refractivity contribution in [2.45, 2.75) is 58.9 Å². The van der Waals surface area contributed by atoms with Crippen molar-refractivity contribution in [1.29, 1.82) is 0 Å². The predicted molar refractivity (Wildman–Crippen MR) is 159 cm³/mol. The molecule has 2 fully saturated rings. The van der Waals surface area contributed by atoms with Crippen LogP contribution in [0.5, 0.6) is 11.5 Å². The number of nitrogens with zero attached hydrogens (tertiary/aromatic N) is 2. The van der Waals surface area contributed by atoms with Crippen LogP contribution in [0.2, 0.25) is 0 Å². The molecule has 8 heteroatoms. The van der Waals surface area contributed by atoms with Crippen molar-refractivity contribution < 1.29 is 28.9 Å². The molecular weight excluding hydrogens is 520 g/mol. The molecule has 0 saturated carbocycles. The number of carbonyl (C=O) groups excluding carboxylic acids is 2. The summed E-state index contributed by atoms with van der Waals surface area (Å²) in [4.78, 5) is 30.8. The molecule has 2 aromatic rings. The van der Waals surface area contributed by atoms with Gasteiger partial charge in [-0.25, -0.2) is 0 Å². The van der Waals surface area contributed by atoms with Crippen LogP contribution in [-0.2, 0) is 14.3 Å². The molecule has 0 aliphatic carbocycles. The predicted octanol–water partition coefficient (Wildman–Crippen LogP) is 5.50. The molecule has 0 aromatic heterocycles. The summed E-state index contributed by atoms with van der Waals surface area (Å²) in [5.74, 6) is 0.0425. The van der Waals surface area contributed by atoms with E-state index in [0.29, 0.717) is 50.7 Å². The minimum absolute atomic E-state index is 0.115. The van der Waals surface area contributed by atoms with E-state index < -0.39 is 17.7 Å². The Morgan fingerprint density at radius 1 is 0.902 bits per heavy atom. The number of aliphatic hydroxyl groups excluding tert-OH is 1. The molecule has 2 aliphatic rings. The van der Waals surface area contributed by atoms with Gasteiger partial charge in [0.15, 0.2) is 0 Å². The lowest BCUT2D eigenvalue weighted by molar-refractivity contribution is -0.140. The quantitative estimate of drug-likeness (QED) is 0.140. The number of likely N-dealkylation sites (tertiary alicyclic amines) is 1. The maximum Gasteiger partial charge on any atom is 0.295 e. The smallest absolute Gasteiger partial charge is 0.295 e. The summed E-state index contributed by atoms with van der Waals surface area (Å²) in [5, 5.41) is 11.6. The Labute approximate surface area is 243 Å². The lowest BCUT2D eigenvalue weighted by Crippen LogP contribution is -2.38. The molecule has 41 heavy (non-hydrogen) atoms. The topological polar surface area (TPSA) is 88.5 Å². The summed E-state index contributed by atoms with van der Waals surface area (Å²) in [6, 6.07) is 12.2. The van der Waals surface area contributed by atoms with E-state index in [0.717, 1.165) is 62.2 Å². The minimum atomic E-state index is -0.690. The van der Waals surface area contributed by atoms with Gasteiger partial charge in [0, 0.05) is 31.7 Å². The Morgan fingerprint density at radius 3 is 2.17 bits per heavy atom. The molecule has 0 bridgehead atoms. The van der Waals surface area contributed by atoms with E-state index in [-0.39, 0.29) is 11.3 Å². The van der Waals surface area contributed by atoms with Crippen LogP contribution in [0, 0.1) is 6.92 Å². The van der Waals surface area contributed by atoms with Crippen molar-refractivity contribution >= 4 is 17.4 Å². The zero-order chi connectivity index (χ0) is 29.2. The Hall–Kier alpha value is -3.36. The van der Waals surface area contributed by atoms with Crippen LogP contribution in [0.1, 0.15) is 68.7 Å². The molecule has 2 aliphatic heterocycles. The van der Waals surface area contributed by atoms with Gasteiger partial charge in [0.05, 0.1) is 38.0 Å². The number of morpholine rings is 1. The lowest BCUT2D eigenvalue weighted by Gasteiger charge is -2.29. The highest BCUT2D eigenvalue weighted by atomic mass is 16.5. The van der Waals surface area contributed by atoms with Crippen LogP contribution >= 0.6 is 0 Å². The molecule has 2 heterocycles. The molecule has 8 nitrogen and oxygen atoms in total. The Kier molecular flexibility index (Phi) is 11.2. The second kappa shape index (κ2) is 15.0. The van der Waals surface area contributed by atoms with Gasteiger partial charge in [-0.2, -0.15) is 0 Å². The average molecular weight is 565 g/mol. The fourth-order valence-electron chi connectivity index (χ4n) is 5.30. The van der Waals surface area contributed by atoms with E-state index in [4.69, 9.17) is 14.2 Å². The maximum absolute atomic E-state index is 13.5. The molecule has 222 valence electrons. The first-order valence-corrected chi connectivity index (χ1v) is 15.0. The summed E-state index contributed by atoms with van der Waals surface area (Å²) in [7, 11) is 0. The summed E-state index contributed by atoms with van der Waals surface area (Å²) in [5.41, 5.74) is 2.16. The van der Waals surface area contributed by atoms with Crippen molar-refractivity contribution in [3.8, 4) is 11.5 Å². The normalized spacial score (nSPS) is 19.1. The number of carbonyl (C=O) groups is 2. The van der Waals surface area contributed by atoms with Gasteiger partial charge in [-0.3, -0.25) is 14.5 Å². The number of aliphatic hydroxyl groups is 1. The first kappa shape index (κ1) is 30.6. The van der Waals surface area contributed by atoms with Crippen LogP contribution in [0.25, 0.3) is 5.76 Å². The van der Waals surface area contributed by atoms with Gasteiger partial charge < -0.3 is 24.2 Å². The monoisotopic (exact) mass is 564 g/mol. The van der Waals surface area contributed by atoms with Crippen molar-refractivity contribution in [3.05, 3.63) is 64.7 Å². The van der Waals surface area contributed by atoms with Gasteiger partial charge in [0.2, 0.25) is 0 Å². The fraction of sp³-hybridized carbons (Fsp3) is 0.515. The first-order valence-electron chi connectivity index (χ1n) is 15.0. The van der Waals surface area contributed by atoms with Gasteiger partial charge in [0.1, 0.15) is 17.3 Å². The molecule has 1 amide bonds. The summed E-state index contributed by atoms with van der Waals surface area (Å²) in [6.07, 6.45) is 4.72. The van der Waals surface area contributed by atoms with Gasteiger partial charge in [-0.1, -0.05) is 38.8 Å². The third kappa shape index (κ3) is 7.68. The molecule has 1 unspecified atom stereocenters. The zero-order valence-electron chi connectivity index (χ0n) is 24.7. The SMILES string of the molecule is CCCCOc1ccc(C2C(=C(O)c3ccc(OCCCC)cc3C)C(=O)C(=O)N2CCCN2CCOCC2)cc1. The van der Waals surface area contributed by atoms with Crippen LogP contribution in [0.4, 0.5) is 0 Å². The fourth-order valence-corrected chi connectivity index (χ4v) is 5.30. The Bertz CT molecular complexity index is 1200. The number of hydrogen-bond donors (Lipinski definition) is 1. The molecule has 4 rings (SSSR count). The molecular formula is C33H44N2O6. The number of ether oxygens (including phenoxy) is 3. The maximum atomic E-state index is 13.5. The largest absolute Gasteiger partial charge is 0.507 e. The second-order valence-electron chi connectivity index (χ2n) is 10.7. The summed E-state index contributed by atoms with van der Waals surface area (Å²) >= 11 is 0. The van der Waals surface area contributed by atoms with Crippen molar-refractivity contribution in [3.63, 3.8) is 0 Å². The number of Topliss-reactive ketones (excluding diaryl/α,β-unsaturated/α-hetero) is 1. The van der Waals surface area contributed by atoms with E-state index in [1.54, 1.807) is 17.0 Å². The van der Waals surface area contributed by atoms with Crippen molar-refractivity contribution in [2.24, 2.45) is 0 Å². The van der Waals surface area contributed by atoms with Crippen LogP contribution in [0.15, 0.2) is 48.0 Å². The molecule has 2 aromatic carbocycles. The number of benzene rings is 2. The first-order chi connectivity index (χ1) is 19.9. The van der Waals surface area contributed by atoms with Crippen LogP contribution in [-0.4, -0.2) is 79.2 Å². The van der Waals surface area contributed by atoms with Crippen LogP contribution in [0.3, 0.4) is 0 Å². The van der Waals surface area contributed by atoms with Gasteiger partial charge in [-0.05, 0) is 67.6 Å². The summed E-state index contributed by atoms with van der Waals surface area (Å²) in [6.45, 7) is 11.7. The number of aryl methyl sites for hydroxylation is 1. The van der Waals surface area contributed by atoms with E-state index in [9.17, 15) is 14.7 Å². The molecule has 0 spiro atoms. The van der Waals surface area contributed by atoms with Gasteiger partial charge in [0.25, 0.3) is 11.7 Å². The van der Waals surface area contributed by atoms with Gasteiger partial charge in [-0.15, -0.1) is 0 Å². The van der Waals surface area contributed by atoms with E-state index in [1.165, 1.54) is 0 Å². The second-order valence-corrected chi connectivity index (χ2v) is 10.7. The number of rotatable bonds is 14. The van der Waals surface area contributed by atoms with Crippen LogP contribution < -0.4 is 9.47 Å². The van der Waals surface area contributed by atoms with E-state index in [1.807, 2.05) is 37.3 Å². The molecule has 1 atom stereocenters. The Balaban J connectivity index is 1.64. The van der Waals surface area contributed by atoms with Crippen molar-refractivity contribution in [2.75, 3.05) is 52.6 Å². The highest BCUT2D eigenvalue weighted by Gasteiger charge is 2.46. The van der Waals surface area contributed by atoms with Gasteiger partial charge >= 0.3 is 0 Å². The highest BCUT2D eigenvalue weighted by Crippen LogP contribution is 2.40. The standard InChI is InChI=1S/C33H44N2O6/c1-4-6-19-40-26-11-9-25(10-12-26)30-29(31(36)28-14-13-27(23-24(28)3)41-20-7-5-2)32(37)33(38)35(30)16-8-15-34-17-21-39-22-18-34/h9-14,23,30,36H,4-8,15-22H2,1-3H3. The average Bonchev–Trinajstić information content (AvgIpc) is 3.23. The third-order valence-corrected chi connectivity index (χ3v) is 7.70. The number of amides is 1. The molecule has 0 radical (unpaired) electrons. The number of unbranched alkanes of at least 4 members (excludes halogenated alkanes) is 2. The minimum Gasteiger partial charge on any atom is -0.507 e. The number of ketones is 1. The molecule has 1 N–H and O–H groups in total. The number of hydrogen-bond acceptors (Lipinski definition) is 7. The third-order valence-electron chi connectivity index (χ3n) is 7.70. The van der Waals surface area contributed by atoms with Crippen molar-refractivity contribution in [1.82, 2.24) is 9.80 Å². The zero-order valence-corrected chi connectivity index (χ0v) is 24.7. The van der Waals surface area contributed by atoms with E-state index >= 15 is 0 Å². The lowest BCUT2D eigenvalue weighted by atomic mass is 9.93. The molecule has 2 saturated heterocycles. The highest BCUT2D eigenvalue weighted by molar-refractivity contribution is 6.46. The summed E-state index contributed by atoms with van der Waals surface area (Å²) < 4.78 is 17.1. The Morgan fingerprint density at radius 2 is 1.54 bits per heavy atom.